The van der Waals surface area contributed by atoms with Gasteiger partial charge in [0.1, 0.15) is 10.7 Å². The van der Waals surface area contributed by atoms with Gasteiger partial charge >= 0.3 is 0 Å². The molecular weight excluding hydrogens is 515 g/mol. The van der Waals surface area contributed by atoms with Crippen LogP contribution in [-0.2, 0) is 5.54 Å². The SMILES string of the molecule is Cc1nc(Cl)cc2c1c(I)cn2C(c1ccccc1)(c1ccccc1)c1ccccc1. The first-order chi connectivity index (χ1) is 15.1. The van der Waals surface area contributed by atoms with Crippen molar-refractivity contribution in [3.63, 3.8) is 0 Å². The van der Waals surface area contributed by atoms with E-state index in [2.05, 4.69) is 129 Å². The van der Waals surface area contributed by atoms with E-state index in [-0.39, 0.29) is 0 Å². The molecule has 5 rings (SSSR count). The predicted molar refractivity (Wildman–Crippen MR) is 137 cm³/mol. The van der Waals surface area contributed by atoms with Crippen molar-refractivity contribution in [2.45, 2.75) is 12.5 Å². The Balaban J connectivity index is 2.01. The fourth-order valence-corrected chi connectivity index (χ4v) is 5.76. The van der Waals surface area contributed by atoms with Crippen LogP contribution in [-0.4, -0.2) is 9.55 Å². The minimum atomic E-state index is -0.567. The van der Waals surface area contributed by atoms with E-state index in [0.29, 0.717) is 5.15 Å². The van der Waals surface area contributed by atoms with Gasteiger partial charge in [0.15, 0.2) is 0 Å². The summed E-state index contributed by atoms with van der Waals surface area (Å²) in [4.78, 5) is 4.52. The Hall–Kier alpha value is -2.63. The second kappa shape index (κ2) is 8.13. The van der Waals surface area contributed by atoms with E-state index in [1.165, 1.54) is 16.7 Å². The van der Waals surface area contributed by atoms with Gasteiger partial charge in [0.25, 0.3) is 0 Å². The number of aryl methyl sites for hydroxylation is 1. The molecule has 2 nitrogen and oxygen atoms in total. The maximum Gasteiger partial charge on any atom is 0.131 e. The monoisotopic (exact) mass is 534 g/mol. The molecule has 5 aromatic rings. The van der Waals surface area contributed by atoms with Gasteiger partial charge in [-0.15, -0.1) is 0 Å². The van der Waals surface area contributed by atoms with Gasteiger partial charge in [-0.2, -0.15) is 0 Å². The molecule has 31 heavy (non-hydrogen) atoms. The molecule has 3 aromatic carbocycles. The fraction of sp³-hybridized carbons (Fsp3) is 0.0741. The summed E-state index contributed by atoms with van der Waals surface area (Å²) in [5, 5.41) is 1.64. The number of rotatable bonds is 4. The highest BCUT2D eigenvalue weighted by molar-refractivity contribution is 14.1. The molecule has 0 aliphatic carbocycles. The average Bonchev–Trinajstić information content (AvgIpc) is 3.13. The van der Waals surface area contributed by atoms with Crippen molar-refractivity contribution in [1.82, 2.24) is 9.55 Å². The highest BCUT2D eigenvalue weighted by Crippen LogP contribution is 2.44. The van der Waals surface area contributed by atoms with Crippen LogP contribution in [0.15, 0.2) is 103 Å². The minimum absolute atomic E-state index is 0.504. The minimum Gasteiger partial charge on any atom is -0.328 e. The molecule has 0 bridgehead atoms. The van der Waals surface area contributed by atoms with E-state index in [0.717, 1.165) is 20.2 Å². The Bertz CT molecular complexity index is 1250. The van der Waals surface area contributed by atoms with Crippen molar-refractivity contribution in [3.05, 3.63) is 134 Å². The molecule has 0 atom stereocenters. The van der Waals surface area contributed by atoms with Gasteiger partial charge in [-0.3, -0.25) is 0 Å². The summed E-state index contributed by atoms with van der Waals surface area (Å²) in [5.74, 6) is 0. The molecule has 152 valence electrons. The third kappa shape index (κ3) is 3.27. The van der Waals surface area contributed by atoms with E-state index in [9.17, 15) is 0 Å². The van der Waals surface area contributed by atoms with Crippen molar-refractivity contribution >= 4 is 45.1 Å². The largest absolute Gasteiger partial charge is 0.328 e. The lowest BCUT2D eigenvalue weighted by molar-refractivity contribution is 0.533. The van der Waals surface area contributed by atoms with Crippen LogP contribution in [0.4, 0.5) is 0 Å². The Kier molecular flexibility index (Phi) is 5.32. The first kappa shape index (κ1) is 20.3. The number of benzene rings is 3. The molecular formula is C27H20ClIN2. The number of pyridine rings is 1. The third-order valence-corrected chi connectivity index (χ3v) is 6.84. The lowest BCUT2D eigenvalue weighted by atomic mass is 9.76. The molecule has 2 aromatic heterocycles. The second-order valence-electron chi connectivity index (χ2n) is 7.58. The van der Waals surface area contributed by atoms with Gasteiger partial charge in [0.2, 0.25) is 0 Å². The van der Waals surface area contributed by atoms with Crippen LogP contribution in [0.2, 0.25) is 5.15 Å². The number of halogens is 2. The number of aromatic nitrogens is 2. The highest BCUT2D eigenvalue weighted by atomic mass is 127. The summed E-state index contributed by atoms with van der Waals surface area (Å²) in [5.41, 5.74) is 5.00. The zero-order chi connectivity index (χ0) is 21.4. The molecule has 0 saturated heterocycles. The van der Waals surface area contributed by atoms with E-state index < -0.39 is 5.54 Å². The highest BCUT2D eigenvalue weighted by Gasteiger charge is 2.39. The molecule has 0 saturated carbocycles. The molecule has 0 aliphatic rings. The summed E-state index contributed by atoms with van der Waals surface area (Å²) >= 11 is 8.88. The predicted octanol–water partition coefficient (Wildman–Crippen LogP) is 7.44. The van der Waals surface area contributed by atoms with E-state index >= 15 is 0 Å². The quantitative estimate of drug-likeness (QED) is 0.133. The van der Waals surface area contributed by atoms with Crippen LogP contribution in [0.25, 0.3) is 10.9 Å². The van der Waals surface area contributed by atoms with Crippen LogP contribution in [0.5, 0.6) is 0 Å². The lowest BCUT2D eigenvalue weighted by Crippen LogP contribution is -2.37. The van der Waals surface area contributed by atoms with E-state index in [1.807, 2.05) is 13.0 Å². The summed E-state index contributed by atoms with van der Waals surface area (Å²) in [6.45, 7) is 2.02. The number of hydrogen-bond donors (Lipinski definition) is 0. The second-order valence-corrected chi connectivity index (χ2v) is 9.13. The van der Waals surface area contributed by atoms with Crippen LogP contribution in [0.1, 0.15) is 22.4 Å². The van der Waals surface area contributed by atoms with Gasteiger partial charge in [-0.1, -0.05) is 103 Å². The topological polar surface area (TPSA) is 17.8 Å². The van der Waals surface area contributed by atoms with E-state index in [4.69, 9.17) is 11.6 Å². The summed E-state index contributed by atoms with van der Waals surface area (Å²) < 4.78 is 3.52. The molecule has 4 heteroatoms. The lowest BCUT2D eigenvalue weighted by Gasteiger charge is -2.38. The zero-order valence-corrected chi connectivity index (χ0v) is 19.9. The van der Waals surface area contributed by atoms with Crippen LogP contribution < -0.4 is 0 Å². The van der Waals surface area contributed by atoms with Gasteiger partial charge in [-0.05, 0) is 52.3 Å². The standard InChI is InChI=1S/C27H20ClIN2/c1-19-26-23(29)18-31(24(26)17-25(28)30-19)27(20-11-5-2-6-12-20,21-13-7-3-8-14-21)22-15-9-4-10-16-22/h2-18H,1H3. The normalized spacial score (nSPS) is 11.7. The molecule has 0 N–H and O–H groups in total. The van der Waals surface area contributed by atoms with Gasteiger partial charge in [-0.25, -0.2) is 4.98 Å². The molecule has 0 aliphatic heterocycles. The number of nitrogens with zero attached hydrogens (tertiary/aromatic N) is 2. The summed E-state index contributed by atoms with van der Waals surface area (Å²) in [6, 6.07) is 34.0. The van der Waals surface area contributed by atoms with Crippen LogP contribution in [0, 0.1) is 10.5 Å². The van der Waals surface area contributed by atoms with Gasteiger partial charge in [0, 0.05) is 20.8 Å². The van der Waals surface area contributed by atoms with Crippen molar-refractivity contribution in [3.8, 4) is 0 Å². The Morgan fingerprint density at radius 2 is 1.23 bits per heavy atom. The maximum absolute atomic E-state index is 6.47. The van der Waals surface area contributed by atoms with Crippen LogP contribution >= 0.6 is 34.2 Å². The van der Waals surface area contributed by atoms with E-state index in [1.54, 1.807) is 0 Å². The molecule has 0 amide bonds. The average molecular weight is 535 g/mol. The van der Waals surface area contributed by atoms with Crippen molar-refractivity contribution in [2.24, 2.45) is 0 Å². The Labute approximate surface area is 200 Å². The smallest absolute Gasteiger partial charge is 0.131 e. The zero-order valence-electron chi connectivity index (χ0n) is 17.0. The summed E-state index contributed by atoms with van der Waals surface area (Å²) in [6.07, 6.45) is 2.23. The van der Waals surface area contributed by atoms with Crippen molar-refractivity contribution < 1.29 is 0 Å². The maximum atomic E-state index is 6.47. The fourth-order valence-electron chi connectivity index (χ4n) is 4.58. The van der Waals surface area contributed by atoms with Gasteiger partial charge in [0.05, 0.1) is 5.52 Å². The van der Waals surface area contributed by atoms with Crippen molar-refractivity contribution in [1.29, 1.82) is 0 Å². The van der Waals surface area contributed by atoms with Crippen molar-refractivity contribution in [2.75, 3.05) is 0 Å². The molecule has 2 heterocycles. The third-order valence-electron chi connectivity index (χ3n) is 5.83. The van der Waals surface area contributed by atoms with Crippen LogP contribution in [0.3, 0.4) is 0 Å². The Morgan fingerprint density at radius 1 is 0.774 bits per heavy atom. The Morgan fingerprint density at radius 3 is 1.68 bits per heavy atom. The number of fused-ring (bicyclic) bond motifs is 1. The number of hydrogen-bond acceptors (Lipinski definition) is 1. The molecule has 0 fully saturated rings. The van der Waals surface area contributed by atoms with Gasteiger partial charge < -0.3 is 4.57 Å². The first-order valence-corrected chi connectivity index (χ1v) is 11.6. The molecule has 0 radical (unpaired) electrons. The molecule has 0 spiro atoms. The summed E-state index contributed by atoms with van der Waals surface area (Å²) in [7, 11) is 0. The first-order valence-electron chi connectivity index (χ1n) is 10.1. The molecule has 0 unspecified atom stereocenters.